The highest BCUT2D eigenvalue weighted by Crippen LogP contribution is 2.27. The summed E-state index contributed by atoms with van der Waals surface area (Å²) in [6, 6.07) is 2.12. The number of hydrogen-bond donors (Lipinski definition) is 1. The smallest absolute Gasteiger partial charge is 0.132 e. The van der Waals surface area contributed by atoms with Gasteiger partial charge in [0.05, 0.1) is 12.6 Å². The maximum absolute atomic E-state index is 9.35. The van der Waals surface area contributed by atoms with Crippen LogP contribution >= 0.6 is 0 Å². The molecule has 0 aliphatic carbocycles. The fourth-order valence-electron chi connectivity index (χ4n) is 2.17. The van der Waals surface area contributed by atoms with Gasteiger partial charge in [0, 0.05) is 12.7 Å². The maximum atomic E-state index is 9.35. The molecule has 1 aromatic heterocycles. The zero-order valence-corrected chi connectivity index (χ0v) is 9.22. The molecule has 1 saturated heterocycles. The molecule has 0 saturated carbocycles. The van der Waals surface area contributed by atoms with Crippen LogP contribution in [0.4, 0.5) is 5.82 Å². The van der Waals surface area contributed by atoms with Crippen LogP contribution in [0.1, 0.15) is 19.2 Å². The second-order valence-corrected chi connectivity index (χ2v) is 4.17. The van der Waals surface area contributed by atoms with E-state index in [0.29, 0.717) is 5.92 Å². The molecule has 1 aliphatic rings. The number of nitrogens with zero attached hydrogens (tertiary/aromatic N) is 3. The SMILES string of the molecule is Cc1nccc(N2CCC(C)C2CO)n1. The van der Waals surface area contributed by atoms with Crippen LogP contribution in [-0.4, -0.2) is 34.3 Å². The van der Waals surface area contributed by atoms with Crippen LogP contribution in [0.5, 0.6) is 0 Å². The van der Waals surface area contributed by atoms with Gasteiger partial charge in [0.1, 0.15) is 11.6 Å². The average molecular weight is 207 g/mol. The second kappa shape index (κ2) is 4.14. The van der Waals surface area contributed by atoms with E-state index in [1.165, 1.54) is 0 Å². The van der Waals surface area contributed by atoms with Gasteiger partial charge in [-0.2, -0.15) is 0 Å². The molecule has 2 rings (SSSR count). The molecule has 2 unspecified atom stereocenters. The molecule has 0 bridgehead atoms. The molecule has 1 aliphatic heterocycles. The van der Waals surface area contributed by atoms with Gasteiger partial charge in [0.2, 0.25) is 0 Å². The van der Waals surface area contributed by atoms with Gasteiger partial charge in [-0.1, -0.05) is 6.92 Å². The van der Waals surface area contributed by atoms with Crippen molar-refractivity contribution in [2.45, 2.75) is 26.3 Å². The van der Waals surface area contributed by atoms with Gasteiger partial charge in [-0.05, 0) is 25.3 Å². The number of aliphatic hydroxyl groups is 1. The summed E-state index contributed by atoms with van der Waals surface area (Å²) in [5.41, 5.74) is 0. The predicted molar refractivity (Wildman–Crippen MR) is 58.8 cm³/mol. The third-order valence-corrected chi connectivity index (χ3v) is 3.13. The van der Waals surface area contributed by atoms with Gasteiger partial charge in [0.25, 0.3) is 0 Å². The molecule has 15 heavy (non-hydrogen) atoms. The van der Waals surface area contributed by atoms with Crippen molar-refractivity contribution in [1.29, 1.82) is 0 Å². The van der Waals surface area contributed by atoms with Crippen molar-refractivity contribution < 1.29 is 5.11 Å². The number of rotatable bonds is 2. The third-order valence-electron chi connectivity index (χ3n) is 3.13. The Morgan fingerprint density at radius 3 is 3.07 bits per heavy atom. The molecule has 1 aromatic rings. The van der Waals surface area contributed by atoms with E-state index < -0.39 is 0 Å². The summed E-state index contributed by atoms with van der Waals surface area (Å²) in [5, 5.41) is 9.35. The molecule has 0 amide bonds. The molecule has 1 fully saturated rings. The first-order chi connectivity index (χ1) is 7.22. The van der Waals surface area contributed by atoms with Gasteiger partial charge in [-0.25, -0.2) is 9.97 Å². The highest BCUT2D eigenvalue weighted by Gasteiger charge is 2.31. The van der Waals surface area contributed by atoms with Crippen LogP contribution < -0.4 is 4.90 Å². The van der Waals surface area contributed by atoms with E-state index in [4.69, 9.17) is 0 Å². The van der Waals surface area contributed by atoms with Crippen molar-refractivity contribution in [3.05, 3.63) is 18.1 Å². The van der Waals surface area contributed by atoms with Crippen LogP contribution in [0.2, 0.25) is 0 Å². The van der Waals surface area contributed by atoms with Crippen molar-refractivity contribution in [2.75, 3.05) is 18.1 Å². The lowest BCUT2D eigenvalue weighted by atomic mass is 10.0. The Kier molecular flexibility index (Phi) is 2.86. The van der Waals surface area contributed by atoms with E-state index in [1.807, 2.05) is 13.0 Å². The molecule has 0 radical (unpaired) electrons. The van der Waals surface area contributed by atoms with Crippen molar-refractivity contribution in [3.8, 4) is 0 Å². The Balaban J connectivity index is 2.23. The van der Waals surface area contributed by atoms with Crippen molar-refractivity contribution in [3.63, 3.8) is 0 Å². The Labute approximate surface area is 90.0 Å². The molecule has 82 valence electrons. The number of aryl methyl sites for hydroxylation is 1. The highest BCUT2D eigenvalue weighted by molar-refractivity contribution is 5.40. The first kappa shape index (κ1) is 10.4. The van der Waals surface area contributed by atoms with Crippen molar-refractivity contribution in [2.24, 2.45) is 5.92 Å². The number of aliphatic hydroxyl groups excluding tert-OH is 1. The predicted octanol–water partition coefficient (Wildman–Crippen LogP) is 0.992. The topological polar surface area (TPSA) is 49.2 Å². The Morgan fingerprint density at radius 1 is 1.60 bits per heavy atom. The van der Waals surface area contributed by atoms with Gasteiger partial charge in [-0.3, -0.25) is 0 Å². The Hall–Kier alpha value is -1.16. The minimum absolute atomic E-state index is 0.199. The lowest BCUT2D eigenvalue weighted by Gasteiger charge is -2.26. The minimum Gasteiger partial charge on any atom is -0.394 e. The lowest BCUT2D eigenvalue weighted by molar-refractivity contribution is 0.244. The van der Waals surface area contributed by atoms with Crippen LogP contribution in [0.15, 0.2) is 12.3 Å². The molecule has 2 heterocycles. The molecule has 2 atom stereocenters. The largest absolute Gasteiger partial charge is 0.394 e. The highest BCUT2D eigenvalue weighted by atomic mass is 16.3. The molecule has 4 heteroatoms. The molecular weight excluding hydrogens is 190 g/mol. The van der Waals surface area contributed by atoms with E-state index in [1.54, 1.807) is 6.20 Å². The molecule has 0 aromatic carbocycles. The summed E-state index contributed by atoms with van der Waals surface area (Å²) in [5.74, 6) is 2.25. The van der Waals surface area contributed by atoms with Crippen LogP contribution in [0.3, 0.4) is 0 Å². The fraction of sp³-hybridized carbons (Fsp3) is 0.636. The van der Waals surface area contributed by atoms with Crippen LogP contribution in [-0.2, 0) is 0 Å². The van der Waals surface area contributed by atoms with Gasteiger partial charge < -0.3 is 10.0 Å². The van der Waals surface area contributed by atoms with E-state index in [9.17, 15) is 5.11 Å². The van der Waals surface area contributed by atoms with E-state index in [-0.39, 0.29) is 12.6 Å². The maximum Gasteiger partial charge on any atom is 0.132 e. The number of hydrogen-bond acceptors (Lipinski definition) is 4. The number of anilines is 1. The van der Waals surface area contributed by atoms with Gasteiger partial charge in [-0.15, -0.1) is 0 Å². The zero-order valence-electron chi connectivity index (χ0n) is 9.22. The Bertz CT molecular complexity index is 342. The summed E-state index contributed by atoms with van der Waals surface area (Å²) in [6.45, 7) is 5.24. The standard InChI is InChI=1S/C11H17N3O/c1-8-4-6-14(10(8)7-15)11-3-5-12-9(2)13-11/h3,5,8,10,15H,4,6-7H2,1-2H3. The summed E-state index contributed by atoms with van der Waals surface area (Å²) in [6.07, 6.45) is 2.89. The van der Waals surface area contributed by atoms with Crippen molar-refractivity contribution >= 4 is 5.82 Å². The summed E-state index contributed by atoms with van der Waals surface area (Å²) < 4.78 is 0. The molecule has 0 spiro atoms. The monoisotopic (exact) mass is 207 g/mol. The summed E-state index contributed by atoms with van der Waals surface area (Å²) in [4.78, 5) is 10.7. The average Bonchev–Trinajstić information content (AvgIpc) is 2.59. The van der Waals surface area contributed by atoms with Gasteiger partial charge >= 0.3 is 0 Å². The first-order valence-corrected chi connectivity index (χ1v) is 5.39. The third kappa shape index (κ3) is 1.95. The quantitative estimate of drug-likeness (QED) is 0.785. The second-order valence-electron chi connectivity index (χ2n) is 4.17. The zero-order chi connectivity index (χ0) is 10.8. The Morgan fingerprint density at radius 2 is 2.40 bits per heavy atom. The van der Waals surface area contributed by atoms with Crippen LogP contribution in [0.25, 0.3) is 0 Å². The summed E-state index contributed by atoms with van der Waals surface area (Å²) >= 11 is 0. The van der Waals surface area contributed by atoms with Crippen LogP contribution in [0, 0.1) is 12.8 Å². The number of aromatic nitrogens is 2. The fourth-order valence-corrected chi connectivity index (χ4v) is 2.17. The molecule has 4 nitrogen and oxygen atoms in total. The normalized spacial score (nSPS) is 25.9. The van der Waals surface area contributed by atoms with E-state index in [0.717, 1.165) is 24.6 Å². The van der Waals surface area contributed by atoms with E-state index in [2.05, 4.69) is 21.8 Å². The lowest BCUT2D eigenvalue weighted by Crippen LogP contribution is -2.35. The molecule has 1 N–H and O–H groups in total. The molecular formula is C11H17N3O. The van der Waals surface area contributed by atoms with E-state index >= 15 is 0 Å². The summed E-state index contributed by atoms with van der Waals surface area (Å²) in [7, 11) is 0. The minimum atomic E-state index is 0.199. The van der Waals surface area contributed by atoms with Crippen molar-refractivity contribution in [1.82, 2.24) is 9.97 Å². The van der Waals surface area contributed by atoms with Gasteiger partial charge in [0.15, 0.2) is 0 Å². The first-order valence-electron chi connectivity index (χ1n) is 5.39.